The fourth-order valence-corrected chi connectivity index (χ4v) is 2.43. The van der Waals surface area contributed by atoms with Crippen LogP contribution in [0, 0.1) is 5.82 Å². The van der Waals surface area contributed by atoms with E-state index in [1.54, 1.807) is 6.07 Å². The summed E-state index contributed by atoms with van der Waals surface area (Å²) in [6.45, 7) is 0. The van der Waals surface area contributed by atoms with E-state index in [9.17, 15) is 4.39 Å². The standard InChI is InChI=1S/C17H12FN3/c18-13-4-1-11-3-6-17(21-16(11)9-13)20-14-5-2-12-7-8-19-15(12)10-14/h1-10,19H,(H,20,21). The van der Waals surface area contributed by atoms with Gasteiger partial charge in [0, 0.05) is 28.9 Å². The third-order valence-electron chi connectivity index (χ3n) is 3.48. The molecular formula is C17H12FN3. The maximum absolute atomic E-state index is 13.3. The van der Waals surface area contributed by atoms with E-state index < -0.39 is 0 Å². The van der Waals surface area contributed by atoms with Crippen LogP contribution in [0.4, 0.5) is 15.9 Å². The molecule has 4 heteroatoms. The topological polar surface area (TPSA) is 40.7 Å². The van der Waals surface area contributed by atoms with Crippen LogP contribution in [-0.4, -0.2) is 9.97 Å². The Balaban J connectivity index is 1.72. The number of hydrogen-bond donors (Lipinski definition) is 2. The summed E-state index contributed by atoms with van der Waals surface area (Å²) in [5.74, 6) is 0.416. The molecule has 4 rings (SSSR count). The number of pyridine rings is 1. The number of anilines is 2. The molecule has 3 nitrogen and oxygen atoms in total. The summed E-state index contributed by atoms with van der Waals surface area (Å²) in [4.78, 5) is 7.61. The van der Waals surface area contributed by atoms with Crippen LogP contribution in [0.3, 0.4) is 0 Å². The van der Waals surface area contributed by atoms with Gasteiger partial charge >= 0.3 is 0 Å². The van der Waals surface area contributed by atoms with Gasteiger partial charge in [-0.15, -0.1) is 0 Å². The molecule has 0 saturated carbocycles. The number of nitrogens with zero attached hydrogens (tertiary/aromatic N) is 1. The first-order valence-electron chi connectivity index (χ1n) is 6.68. The lowest BCUT2D eigenvalue weighted by Gasteiger charge is -2.07. The molecule has 0 aliphatic carbocycles. The zero-order valence-corrected chi connectivity index (χ0v) is 11.1. The Morgan fingerprint density at radius 2 is 1.76 bits per heavy atom. The third kappa shape index (κ3) is 2.21. The molecule has 0 fully saturated rings. The molecule has 2 aromatic carbocycles. The summed E-state index contributed by atoms with van der Waals surface area (Å²) in [6.07, 6.45) is 1.91. The van der Waals surface area contributed by atoms with E-state index in [2.05, 4.69) is 15.3 Å². The van der Waals surface area contributed by atoms with Crippen molar-refractivity contribution in [2.45, 2.75) is 0 Å². The molecular weight excluding hydrogens is 265 g/mol. The Morgan fingerprint density at radius 3 is 2.71 bits per heavy atom. The van der Waals surface area contributed by atoms with E-state index >= 15 is 0 Å². The van der Waals surface area contributed by atoms with Gasteiger partial charge in [-0.25, -0.2) is 9.37 Å². The van der Waals surface area contributed by atoms with Crippen molar-refractivity contribution in [3.8, 4) is 0 Å². The number of aromatic nitrogens is 2. The van der Waals surface area contributed by atoms with Gasteiger partial charge in [0.25, 0.3) is 0 Å². The Bertz CT molecular complexity index is 943. The highest BCUT2D eigenvalue weighted by atomic mass is 19.1. The predicted molar refractivity (Wildman–Crippen MR) is 83.3 cm³/mol. The monoisotopic (exact) mass is 277 g/mol. The fraction of sp³-hybridized carbons (Fsp3) is 0. The molecule has 0 spiro atoms. The fourth-order valence-electron chi connectivity index (χ4n) is 2.43. The zero-order valence-electron chi connectivity index (χ0n) is 11.1. The molecule has 4 aromatic rings. The minimum absolute atomic E-state index is 0.278. The number of halogens is 1. The molecule has 0 bridgehead atoms. The van der Waals surface area contributed by atoms with Crippen molar-refractivity contribution in [1.29, 1.82) is 0 Å². The van der Waals surface area contributed by atoms with Crippen LogP contribution in [0.5, 0.6) is 0 Å². The van der Waals surface area contributed by atoms with Crippen LogP contribution in [0.2, 0.25) is 0 Å². The molecule has 0 aliphatic heterocycles. The van der Waals surface area contributed by atoms with Crippen LogP contribution >= 0.6 is 0 Å². The van der Waals surface area contributed by atoms with Gasteiger partial charge in [-0.1, -0.05) is 6.07 Å². The highest BCUT2D eigenvalue weighted by Gasteiger charge is 2.02. The number of rotatable bonds is 2. The number of benzene rings is 2. The highest BCUT2D eigenvalue weighted by molar-refractivity contribution is 5.84. The summed E-state index contributed by atoms with van der Waals surface area (Å²) in [5.41, 5.74) is 2.64. The maximum atomic E-state index is 13.3. The molecule has 2 N–H and O–H groups in total. The summed E-state index contributed by atoms with van der Waals surface area (Å²) in [6, 6.07) is 16.5. The van der Waals surface area contributed by atoms with Gasteiger partial charge < -0.3 is 10.3 Å². The smallest absolute Gasteiger partial charge is 0.131 e. The van der Waals surface area contributed by atoms with Gasteiger partial charge in [0.05, 0.1) is 5.52 Å². The van der Waals surface area contributed by atoms with Crippen LogP contribution in [0.25, 0.3) is 21.8 Å². The number of hydrogen-bond acceptors (Lipinski definition) is 2. The van der Waals surface area contributed by atoms with Crippen molar-refractivity contribution in [2.75, 3.05) is 5.32 Å². The SMILES string of the molecule is Fc1ccc2ccc(Nc3ccc4cc[nH]c4c3)nc2c1. The van der Waals surface area contributed by atoms with Gasteiger partial charge in [0.15, 0.2) is 0 Å². The number of nitrogens with one attached hydrogen (secondary N) is 2. The van der Waals surface area contributed by atoms with Crippen LogP contribution in [-0.2, 0) is 0 Å². The maximum Gasteiger partial charge on any atom is 0.131 e. The first-order valence-corrected chi connectivity index (χ1v) is 6.68. The minimum atomic E-state index is -0.278. The van der Waals surface area contributed by atoms with Crippen LogP contribution in [0.1, 0.15) is 0 Å². The van der Waals surface area contributed by atoms with Crippen molar-refractivity contribution in [3.63, 3.8) is 0 Å². The number of aromatic amines is 1. The van der Waals surface area contributed by atoms with E-state index in [0.717, 1.165) is 22.0 Å². The van der Waals surface area contributed by atoms with Crippen molar-refractivity contribution in [3.05, 3.63) is 66.6 Å². The molecule has 0 saturated heterocycles. The molecule has 0 unspecified atom stereocenters. The molecule has 102 valence electrons. The molecule has 2 heterocycles. The largest absolute Gasteiger partial charge is 0.361 e. The van der Waals surface area contributed by atoms with Gasteiger partial charge in [0.1, 0.15) is 11.6 Å². The quantitative estimate of drug-likeness (QED) is 0.562. The summed E-state index contributed by atoms with van der Waals surface area (Å²) >= 11 is 0. The lowest BCUT2D eigenvalue weighted by molar-refractivity contribution is 0.629. The van der Waals surface area contributed by atoms with E-state index in [0.29, 0.717) is 11.3 Å². The summed E-state index contributed by atoms with van der Waals surface area (Å²) in [7, 11) is 0. The first kappa shape index (κ1) is 11.9. The van der Waals surface area contributed by atoms with Crippen molar-refractivity contribution >= 4 is 33.3 Å². The average Bonchev–Trinajstić information content (AvgIpc) is 2.94. The van der Waals surface area contributed by atoms with E-state index in [4.69, 9.17) is 0 Å². The van der Waals surface area contributed by atoms with Gasteiger partial charge in [-0.3, -0.25) is 0 Å². The first-order chi connectivity index (χ1) is 10.3. The molecule has 21 heavy (non-hydrogen) atoms. The van der Waals surface area contributed by atoms with Crippen molar-refractivity contribution in [1.82, 2.24) is 9.97 Å². The lowest BCUT2D eigenvalue weighted by Crippen LogP contribution is -1.94. The summed E-state index contributed by atoms with van der Waals surface area (Å²) < 4.78 is 13.3. The van der Waals surface area contributed by atoms with Gasteiger partial charge in [0.2, 0.25) is 0 Å². The number of H-pyrrole nitrogens is 1. The van der Waals surface area contributed by atoms with Gasteiger partial charge in [-0.2, -0.15) is 0 Å². The summed E-state index contributed by atoms with van der Waals surface area (Å²) in [5, 5.41) is 5.32. The minimum Gasteiger partial charge on any atom is -0.361 e. The lowest BCUT2D eigenvalue weighted by atomic mass is 10.2. The Hall–Kier alpha value is -2.88. The van der Waals surface area contributed by atoms with Crippen LogP contribution in [0.15, 0.2) is 60.8 Å². The van der Waals surface area contributed by atoms with Crippen molar-refractivity contribution in [2.24, 2.45) is 0 Å². The van der Waals surface area contributed by atoms with Crippen molar-refractivity contribution < 1.29 is 4.39 Å². The third-order valence-corrected chi connectivity index (χ3v) is 3.48. The average molecular weight is 277 g/mol. The second-order valence-electron chi connectivity index (χ2n) is 4.94. The number of fused-ring (bicyclic) bond motifs is 2. The Kier molecular flexibility index (Phi) is 2.60. The van der Waals surface area contributed by atoms with Gasteiger partial charge in [-0.05, 0) is 47.9 Å². The van der Waals surface area contributed by atoms with E-state index in [-0.39, 0.29) is 5.82 Å². The zero-order chi connectivity index (χ0) is 14.2. The van der Waals surface area contributed by atoms with Crippen LogP contribution < -0.4 is 5.32 Å². The molecule has 0 radical (unpaired) electrons. The predicted octanol–water partition coefficient (Wildman–Crippen LogP) is 4.60. The molecule has 0 amide bonds. The Morgan fingerprint density at radius 1 is 0.905 bits per heavy atom. The second kappa shape index (κ2) is 4.59. The molecule has 0 aliphatic rings. The second-order valence-corrected chi connectivity index (χ2v) is 4.94. The highest BCUT2D eigenvalue weighted by Crippen LogP contribution is 2.22. The molecule has 0 atom stereocenters. The van der Waals surface area contributed by atoms with E-state index in [1.807, 2.05) is 42.6 Å². The molecule has 2 aromatic heterocycles. The normalized spacial score (nSPS) is 11.1. The Labute approximate surface area is 120 Å². The van der Waals surface area contributed by atoms with E-state index in [1.165, 1.54) is 12.1 Å².